The first-order valence-corrected chi connectivity index (χ1v) is 10.2. The standard InChI is InChI=1S/C20H24ClN5O3/c1-29-18-6-5-14(21)12-16(18)23-20(28)25-10-8-24(9-11-25)19(27)15-13-22-26-7-3-2-4-17(15)26/h5-6,12-13H,2-4,7-11H2,1H3,(H,23,28). The van der Waals surface area contributed by atoms with Crippen LogP contribution in [-0.4, -0.2) is 64.8 Å². The van der Waals surface area contributed by atoms with Gasteiger partial charge in [0.1, 0.15) is 5.75 Å². The molecule has 8 nitrogen and oxygen atoms in total. The molecule has 1 N–H and O–H groups in total. The average Bonchev–Trinajstić information content (AvgIpc) is 3.17. The zero-order chi connectivity index (χ0) is 20.4. The van der Waals surface area contributed by atoms with Crippen LogP contribution < -0.4 is 10.1 Å². The summed E-state index contributed by atoms with van der Waals surface area (Å²) in [5.74, 6) is 0.548. The number of nitrogens with zero attached hydrogens (tertiary/aromatic N) is 4. The zero-order valence-electron chi connectivity index (χ0n) is 16.4. The van der Waals surface area contributed by atoms with Crippen LogP contribution in [-0.2, 0) is 13.0 Å². The van der Waals surface area contributed by atoms with Gasteiger partial charge in [-0.15, -0.1) is 0 Å². The van der Waals surface area contributed by atoms with Crippen LogP contribution in [0.25, 0.3) is 0 Å². The van der Waals surface area contributed by atoms with Crippen molar-refractivity contribution in [1.29, 1.82) is 0 Å². The Kier molecular flexibility index (Phi) is 5.62. The highest BCUT2D eigenvalue weighted by molar-refractivity contribution is 6.31. The van der Waals surface area contributed by atoms with Crippen LogP contribution >= 0.6 is 11.6 Å². The number of anilines is 1. The lowest BCUT2D eigenvalue weighted by Gasteiger charge is -2.35. The molecule has 2 aromatic rings. The van der Waals surface area contributed by atoms with E-state index in [1.165, 1.54) is 0 Å². The van der Waals surface area contributed by atoms with Crippen molar-refractivity contribution >= 4 is 29.2 Å². The summed E-state index contributed by atoms with van der Waals surface area (Å²) >= 11 is 6.02. The Morgan fingerprint density at radius 2 is 1.86 bits per heavy atom. The second kappa shape index (κ2) is 8.32. The number of methoxy groups -OCH3 is 1. The fourth-order valence-corrected chi connectivity index (χ4v) is 4.03. The van der Waals surface area contributed by atoms with Gasteiger partial charge in [-0.3, -0.25) is 9.48 Å². The molecule has 3 amide bonds. The number of carbonyl (C=O) groups is 2. The summed E-state index contributed by atoms with van der Waals surface area (Å²) in [6.07, 6.45) is 4.78. The summed E-state index contributed by atoms with van der Waals surface area (Å²) in [6.45, 7) is 2.78. The number of ether oxygens (including phenoxy) is 1. The van der Waals surface area contributed by atoms with Crippen LogP contribution in [0.4, 0.5) is 10.5 Å². The lowest BCUT2D eigenvalue weighted by Crippen LogP contribution is -2.51. The van der Waals surface area contributed by atoms with E-state index in [2.05, 4.69) is 10.4 Å². The van der Waals surface area contributed by atoms with Gasteiger partial charge in [0.15, 0.2) is 0 Å². The molecule has 154 valence electrons. The lowest BCUT2D eigenvalue weighted by atomic mass is 10.1. The molecule has 0 unspecified atom stereocenters. The van der Waals surface area contributed by atoms with Crippen molar-refractivity contribution in [3.05, 3.63) is 40.7 Å². The number of amides is 3. The number of halogens is 1. The molecule has 9 heteroatoms. The highest BCUT2D eigenvalue weighted by Gasteiger charge is 2.28. The first kappa shape index (κ1) is 19.6. The van der Waals surface area contributed by atoms with Gasteiger partial charge in [-0.25, -0.2) is 4.79 Å². The molecule has 1 saturated heterocycles. The molecule has 0 aliphatic carbocycles. The van der Waals surface area contributed by atoms with E-state index >= 15 is 0 Å². The molecule has 0 spiro atoms. The van der Waals surface area contributed by atoms with E-state index in [0.717, 1.165) is 31.5 Å². The fourth-order valence-electron chi connectivity index (χ4n) is 3.85. The fraction of sp³-hybridized carbons (Fsp3) is 0.450. The minimum atomic E-state index is -0.236. The highest BCUT2D eigenvalue weighted by Crippen LogP contribution is 2.28. The van der Waals surface area contributed by atoms with Crippen LogP contribution in [0.2, 0.25) is 5.02 Å². The molecule has 4 rings (SSSR count). The van der Waals surface area contributed by atoms with Crippen molar-refractivity contribution in [2.75, 3.05) is 38.6 Å². The van der Waals surface area contributed by atoms with Crippen LogP contribution in [0, 0.1) is 0 Å². The van der Waals surface area contributed by atoms with E-state index in [4.69, 9.17) is 16.3 Å². The molecule has 0 radical (unpaired) electrons. The van der Waals surface area contributed by atoms with E-state index in [1.807, 2.05) is 4.68 Å². The molecule has 29 heavy (non-hydrogen) atoms. The van der Waals surface area contributed by atoms with Crippen LogP contribution in [0.3, 0.4) is 0 Å². The predicted octanol–water partition coefficient (Wildman–Crippen LogP) is 2.87. The monoisotopic (exact) mass is 417 g/mol. The van der Waals surface area contributed by atoms with Crippen molar-refractivity contribution in [1.82, 2.24) is 19.6 Å². The number of fused-ring (bicyclic) bond motifs is 1. The Morgan fingerprint density at radius 3 is 2.62 bits per heavy atom. The molecule has 2 aliphatic rings. The minimum Gasteiger partial charge on any atom is -0.495 e. The SMILES string of the molecule is COc1ccc(Cl)cc1NC(=O)N1CCN(C(=O)c2cnn3c2CCCC3)CC1. The van der Waals surface area contributed by atoms with Gasteiger partial charge in [0.2, 0.25) is 0 Å². The first-order valence-electron chi connectivity index (χ1n) is 9.80. The summed E-state index contributed by atoms with van der Waals surface area (Å²) in [4.78, 5) is 29.1. The van der Waals surface area contributed by atoms with Crippen molar-refractivity contribution in [2.45, 2.75) is 25.8 Å². The van der Waals surface area contributed by atoms with Crippen molar-refractivity contribution in [3.8, 4) is 5.75 Å². The first-order chi connectivity index (χ1) is 14.1. The van der Waals surface area contributed by atoms with Crippen LogP contribution in [0.5, 0.6) is 5.75 Å². The largest absolute Gasteiger partial charge is 0.495 e. The van der Waals surface area contributed by atoms with Crippen molar-refractivity contribution < 1.29 is 14.3 Å². The second-order valence-corrected chi connectivity index (χ2v) is 7.68. The van der Waals surface area contributed by atoms with Gasteiger partial charge >= 0.3 is 6.03 Å². The molecular formula is C20H24ClN5O3. The average molecular weight is 418 g/mol. The summed E-state index contributed by atoms with van der Waals surface area (Å²) < 4.78 is 7.21. The number of urea groups is 1. The lowest BCUT2D eigenvalue weighted by molar-refractivity contribution is 0.0670. The summed E-state index contributed by atoms with van der Waals surface area (Å²) in [7, 11) is 1.54. The summed E-state index contributed by atoms with van der Waals surface area (Å²) in [5, 5.41) is 7.72. The maximum atomic E-state index is 12.9. The van der Waals surface area contributed by atoms with Gasteiger partial charge in [-0.1, -0.05) is 11.6 Å². The third-order valence-electron chi connectivity index (χ3n) is 5.47. The maximum absolute atomic E-state index is 12.9. The minimum absolute atomic E-state index is 0.00437. The smallest absolute Gasteiger partial charge is 0.322 e. The number of rotatable bonds is 3. The molecule has 0 bridgehead atoms. The summed E-state index contributed by atoms with van der Waals surface area (Å²) in [5.41, 5.74) is 2.26. The highest BCUT2D eigenvalue weighted by atomic mass is 35.5. The Balaban J connectivity index is 1.37. The molecule has 2 aliphatic heterocycles. The van der Waals surface area contributed by atoms with Crippen molar-refractivity contribution in [2.24, 2.45) is 0 Å². The predicted molar refractivity (Wildman–Crippen MR) is 110 cm³/mol. The van der Waals surface area contributed by atoms with Crippen molar-refractivity contribution in [3.63, 3.8) is 0 Å². The number of hydrogen-bond acceptors (Lipinski definition) is 4. The molecular weight excluding hydrogens is 394 g/mol. The number of piperazine rings is 1. The van der Waals surface area contributed by atoms with E-state index in [0.29, 0.717) is 48.2 Å². The van der Waals surface area contributed by atoms with Crippen LogP contribution in [0.1, 0.15) is 28.9 Å². The van der Waals surface area contributed by atoms with E-state index in [-0.39, 0.29) is 11.9 Å². The molecule has 1 fully saturated rings. The Labute approximate surface area is 174 Å². The number of nitrogens with one attached hydrogen (secondary N) is 1. The van der Waals surface area contributed by atoms with Gasteiger partial charge in [0.25, 0.3) is 5.91 Å². The number of carbonyl (C=O) groups excluding carboxylic acids is 2. The molecule has 1 aromatic carbocycles. The van der Waals surface area contributed by atoms with Crippen LogP contribution in [0.15, 0.2) is 24.4 Å². The van der Waals surface area contributed by atoms with E-state index < -0.39 is 0 Å². The Hall–Kier alpha value is -2.74. The van der Waals surface area contributed by atoms with E-state index in [9.17, 15) is 9.59 Å². The van der Waals surface area contributed by atoms with Gasteiger partial charge < -0.3 is 19.9 Å². The molecule has 3 heterocycles. The third kappa shape index (κ3) is 4.03. The Bertz CT molecular complexity index is 921. The Morgan fingerprint density at radius 1 is 1.10 bits per heavy atom. The van der Waals surface area contributed by atoms with Gasteiger partial charge in [0, 0.05) is 37.7 Å². The number of aryl methyl sites for hydroxylation is 1. The summed E-state index contributed by atoms with van der Waals surface area (Å²) in [6, 6.07) is 4.83. The van der Waals surface area contributed by atoms with Gasteiger partial charge in [0.05, 0.1) is 30.3 Å². The topological polar surface area (TPSA) is 79.7 Å². The number of hydrogen-bond donors (Lipinski definition) is 1. The molecule has 1 aromatic heterocycles. The molecule has 0 atom stereocenters. The second-order valence-electron chi connectivity index (χ2n) is 7.24. The van der Waals surface area contributed by atoms with Gasteiger partial charge in [-0.05, 0) is 37.5 Å². The normalized spacial score (nSPS) is 16.3. The third-order valence-corrected chi connectivity index (χ3v) is 5.70. The van der Waals surface area contributed by atoms with E-state index in [1.54, 1.807) is 41.3 Å². The number of aromatic nitrogens is 2. The maximum Gasteiger partial charge on any atom is 0.322 e. The zero-order valence-corrected chi connectivity index (χ0v) is 17.1. The number of benzene rings is 1. The van der Waals surface area contributed by atoms with Gasteiger partial charge in [-0.2, -0.15) is 5.10 Å². The quantitative estimate of drug-likeness (QED) is 0.832. The molecule has 0 saturated carbocycles.